The molecule has 1 unspecified atom stereocenters. The molecule has 0 bridgehead atoms. The number of oxime groups is 1. The van der Waals surface area contributed by atoms with Crippen molar-refractivity contribution < 1.29 is 29.7 Å². The molecule has 0 saturated heterocycles. The third-order valence-corrected chi connectivity index (χ3v) is 5.07. The number of hydrogen-bond donors (Lipinski definition) is 3. The molecule has 7 nitrogen and oxygen atoms in total. The molecule has 0 aliphatic carbocycles. The predicted molar refractivity (Wildman–Crippen MR) is 97.4 cm³/mol. The Morgan fingerprint density at radius 2 is 1.75 bits per heavy atom. The molecule has 3 aromatic carbocycles. The van der Waals surface area contributed by atoms with Crippen molar-refractivity contribution in [3.05, 3.63) is 82.4 Å². The number of phenolic OH excluding ortho intramolecular Hbond substituents is 2. The maximum atomic E-state index is 12.7. The zero-order valence-electron chi connectivity index (χ0n) is 14.3. The minimum absolute atomic E-state index is 0.0347. The summed E-state index contributed by atoms with van der Waals surface area (Å²) in [7, 11) is 0. The number of nitrogens with zero attached hydrogens (tertiary/aromatic N) is 1. The summed E-state index contributed by atoms with van der Waals surface area (Å²) in [6.07, 6.45) is 1.04. The fourth-order valence-corrected chi connectivity index (χ4v) is 3.92. The predicted octanol–water partition coefficient (Wildman–Crippen LogP) is 3.47. The lowest BCUT2D eigenvalue weighted by Gasteiger charge is -2.37. The molecule has 0 saturated carbocycles. The summed E-state index contributed by atoms with van der Waals surface area (Å²) in [6, 6.07) is 14.6. The van der Waals surface area contributed by atoms with Gasteiger partial charge >= 0.3 is 5.97 Å². The lowest BCUT2D eigenvalue weighted by atomic mass is 9.77. The number of carbonyl (C=O) groups is 1. The van der Waals surface area contributed by atoms with E-state index in [-0.39, 0.29) is 28.6 Å². The lowest BCUT2D eigenvalue weighted by Crippen LogP contribution is -2.33. The summed E-state index contributed by atoms with van der Waals surface area (Å²) in [4.78, 5) is 12.7. The number of aromatic hydroxyl groups is 2. The quantitative estimate of drug-likeness (QED) is 0.260. The summed E-state index contributed by atoms with van der Waals surface area (Å²) >= 11 is 0. The number of carbonyl (C=O) groups excluding carboxylic acids is 1. The molecule has 0 fully saturated rings. The van der Waals surface area contributed by atoms with Crippen LogP contribution in [0.25, 0.3) is 0 Å². The Morgan fingerprint density at radius 3 is 2.57 bits per heavy atom. The van der Waals surface area contributed by atoms with Crippen LogP contribution in [0, 0.1) is 0 Å². The van der Waals surface area contributed by atoms with Gasteiger partial charge in [0.15, 0.2) is 5.60 Å². The zero-order valence-corrected chi connectivity index (χ0v) is 14.3. The van der Waals surface area contributed by atoms with Gasteiger partial charge in [0.05, 0.1) is 17.3 Å². The molecule has 3 N–H and O–H groups in total. The van der Waals surface area contributed by atoms with Crippen LogP contribution in [-0.4, -0.2) is 27.6 Å². The molecular weight excluding hydrogens is 362 g/mol. The number of rotatable bonds is 1. The molecule has 7 heteroatoms. The second-order valence-corrected chi connectivity index (χ2v) is 6.52. The Morgan fingerprint density at radius 1 is 0.964 bits per heavy atom. The van der Waals surface area contributed by atoms with Crippen molar-refractivity contribution in [3.63, 3.8) is 0 Å². The van der Waals surface area contributed by atoms with Gasteiger partial charge in [0, 0.05) is 22.8 Å². The van der Waals surface area contributed by atoms with Crippen LogP contribution in [-0.2, 0) is 10.3 Å². The maximum absolute atomic E-state index is 12.7. The van der Waals surface area contributed by atoms with E-state index in [1.807, 2.05) is 0 Å². The standard InChI is InChI=1S/C21H13NO6/c23-11-5-6-15-18(9-11)27-19-13(10-22-26)17(24)8-7-16(19)21(15)14-4-2-1-3-12(14)20(25)28-21/h1-10,23-24,26H/b22-10+. The topological polar surface area (TPSA) is 109 Å². The smallest absolute Gasteiger partial charge is 0.340 e. The van der Waals surface area contributed by atoms with E-state index in [0.29, 0.717) is 22.3 Å². The van der Waals surface area contributed by atoms with Gasteiger partial charge in [0.25, 0.3) is 0 Å². The van der Waals surface area contributed by atoms with Crippen molar-refractivity contribution in [2.75, 3.05) is 0 Å². The maximum Gasteiger partial charge on any atom is 0.340 e. The van der Waals surface area contributed by atoms with Gasteiger partial charge in [-0.3, -0.25) is 0 Å². The van der Waals surface area contributed by atoms with Crippen LogP contribution in [0.1, 0.15) is 32.6 Å². The minimum Gasteiger partial charge on any atom is -0.508 e. The number of esters is 1. The molecule has 2 aliphatic rings. The van der Waals surface area contributed by atoms with Crippen molar-refractivity contribution in [2.24, 2.45) is 5.16 Å². The van der Waals surface area contributed by atoms with Crippen LogP contribution in [0.15, 0.2) is 59.8 Å². The molecule has 0 aromatic heterocycles. The van der Waals surface area contributed by atoms with Crippen LogP contribution >= 0.6 is 0 Å². The fourth-order valence-electron chi connectivity index (χ4n) is 3.92. The number of phenols is 2. The SMILES string of the molecule is O=C1OC2(c3ccc(O)cc3Oc3c2ccc(O)c3/C=N/O)c2ccccc21. The number of fused-ring (bicyclic) bond motifs is 6. The van der Waals surface area contributed by atoms with Gasteiger partial charge in [0.2, 0.25) is 0 Å². The second kappa shape index (κ2) is 5.50. The lowest BCUT2D eigenvalue weighted by molar-refractivity contribution is 0.0224. The second-order valence-electron chi connectivity index (χ2n) is 6.52. The van der Waals surface area contributed by atoms with Gasteiger partial charge in [-0.25, -0.2) is 4.79 Å². The zero-order chi connectivity index (χ0) is 19.5. The van der Waals surface area contributed by atoms with E-state index in [2.05, 4.69) is 5.16 Å². The summed E-state index contributed by atoms with van der Waals surface area (Å²) in [6.45, 7) is 0. The van der Waals surface area contributed by atoms with Crippen molar-refractivity contribution in [3.8, 4) is 23.0 Å². The first-order valence-electron chi connectivity index (χ1n) is 8.44. The first-order chi connectivity index (χ1) is 13.6. The van der Waals surface area contributed by atoms with Crippen molar-refractivity contribution >= 4 is 12.2 Å². The van der Waals surface area contributed by atoms with E-state index in [0.717, 1.165) is 6.21 Å². The van der Waals surface area contributed by atoms with Crippen LogP contribution in [0.5, 0.6) is 23.0 Å². The van der Waals surface area contributed by atoms with E-state index >= 15 is 0 Å². The van der Waals surface area contributed by atoms with Crippen LogP contribution < -0.4 is 4.74 Å². The molecule has 1 atom stereocenters. The molecule has 1 spiro atoms. The first kappa shape index (κ1) is 16.2. The van der Waals surface area contributed by atoms with Gasteiger partial charge in [-0.15, -0.1) is 0 Å². The molecule has 5 rings (SSSR count). The molecule has 0 radical (unpaired) electrons. The third kappa shape index (κ3) is 1.92. The monoisotopic (exact) mass is 375 g/mol. The average Bonchev–Trinajstić information content (AvgIpc) is 2.98. The average molecular weight is 375 g/mol. The Bertz CT molecular complexity index is 1190. The Hall–Kier alpha value is -4.00. The minimum atomic E-state index is -1.32. The van der Waals surface area contributed by atoms with Gasteiger partial charge < -0.3 is 24.9 Å². The Kier molecular flexibility index (Phi) is 3.18. The normalized spacial score (nSPS) is 19.1. The van der Waals surface area contributed by atoms with Crippen LogP contribution in [0.3, 0.4) is 0 Å². The number of hydrogen-bond acceptors (Lipinski definition) is 7. The van der Waals surface area contributed by atoms with Gasteiger partial charge in [-0.05, 0) is 30.3 Å². The van der Waals surface area contributed by atoms with Crippen LogP contribution in [0.4, 0.5) is 0 Å². The fraction of sp³-hybridized carbons (Fsp3) is 0.0476. The van der Waals surface area contributed by atoms with Crippen molar-refractivity contribution in [2.45, 2.75) is 5.60 Å². The van der Waals surface area contributed by atoms with Gasteiger partial charge in [-0.2, -0.15) is 0 Å². The van der Waals surface area contributed by atoms with Gasteiger partial charge in [-0.1, -0.05) is 23.4 Å². The largest absolute Gasteiger partial charge is 0.508 e. The highest BCUT2D eigenvalue weighted by molar-refractivity contribution is 5.98. The van der Waals surface area contributed by atoms with E-state index in [9.17, 15) is 15.0 Å². The summed E-state index contributed by atoms with van der Waals surface area (Å²) in [5, 5.41) is 32.2. The highest BCUT2D eigenvalue weighted by Gasteiger charge is 2.54. The molecule has 3 aromatic rings. The first-order valence-corrected chi connectivity index (χ1v) is 8.44. The summed E-state index contributed by atoms with van der Waals surface area (Å²) in [5.74, 6) is -0.274. The van der Waals surface area contributed by atoms with Crippen LogP contribution in [0.2, 0.25) is 0 Å². The van der Waals surface area contributed by atoms with Gasteiger partial charge in [0.1, 0.15) is 23.0 Å². The Balaban J connectivity index is 1.93. The van der Waals surface area contributed by atoms with E-state index in [4.69, 9.17) is 14.7 Å². The number of benzene rings is 3. The van der Waals surface area contributed by atoms with E-state index < -0.39 is 11.6 Å². The number of ether oxygens (including phenoxy) is 2. The highest BCUT2D eigenvalue weighted by atomic mass is 16.6. The molecule has 28 heavy (non-hydrogen) atoms. The van der Waals surface area contributed by atoms with E-state index in [1.54, 1.807) is 36.4 Å². The highest BCUT2D eigenvalue weighted by Crippen LogP contribution is 2.57. The molecule has 2 heterocycles. The van der Waals surface area contributed by atoms with E-state index in [1.165, 1.54) is 18.2 Å². The Labute approximate surface area is 158 Å². The summed E-state index contributed by atoms with van der Waals surface area (Å²) < 4.78 is 11.9. The van der Waals surface area contributed by atoms with Crippen molar-refractivity contribution in [1.29, 1.82) is 0 Å². The molecule has 0 amide bonds. The molecular formula is C21H13NO6. The van der Waals surface area contributed by atoms with Crippen molar-refractivity contribution in [1.82, 2.24) is 0 Å². The molecule has 2 aliphatic heterocycles. The summed E-state index contributed by atoms with van der Waals surface area (Å²) in [5.41, 5.74) is 0.837. The third-order valence-electron chi connectivity index (χ3n) is 5.07. The molecule has 138 valence electrons.